The van der Waals surface area contributed by atoms with E-state index in [1.54, 1.807) is 0 Å². The fourth-order valence-corrected chi connectivity index (χ4v) is 2.21. The number of pyridine rings is 1. The largest absolute Gasteiger partial charge is 0.506 e. The summed E-state index contributed by atoms with van der Waals surface area (Å²) in [6, 6.07) is 0.973. The van der Waals surface area contributed by atoms with E-state index in [9.17, 15) is 18.3 Å². The summed E-state index contributed by atoms with van der Waals surface area (Å²) in [6.07, 6.45) is 9.10. The minimum absolute atomic E-state index is 0.0141. The van der Waals surface area contributed by atoms with Gasteiger partial charge in [0, 0.05) is 12.3 Å². The van der Waals surface area contributed by atoms with Gasteiger partial charge in [-0.15, -0.1) is 0 Å². The van der Waals surface area contributed by atoms with Crippen LogP contribution in [-0.2, 0) is 9.84 Å². The van der Waals surface area contributed by atoms with Crippen LogP contribution in [0.4, 0.5) is 0 Å². The molecule has 98 valence electrons. The van der Waals surface area contributed by atoms with Gasteiger partial charge in [0.15, 0.2) is 4.91 Å². The molecule has 0 radical (unpaired) electrons. The number of hydrogen-bond donors (Lipinski definition) is 1. The first-order valence-electron chi connectivity index (χ1n) is 5.12. The molecular weight excluding hydrogens is 290 g/mol. The van der Waals surface area contributed by atoms with Crippen LogP contribution in [0.2, 0.25) is 5.02 Å². The van der Waals surface area contributed by atoms with Gasteiger partial charge in [0.2, 0.25) is 15.5 Å². The molecule has 0 aromatic carbocycles. The van der Waals surface area contributed by atoms with Crippen LogP contribution >= 0.6 is 11.6 Å². The van der Waals surface area contributed by atoms with Crippen LogP contribution in [-0.4, -0.2) is 24.3 Å². The number of aromatic nitrogens is 1. The third kappa shape index (κ3) is 2.76. The lowest BCUT2D eigenvalue weighted by molar-refractivity contribution is 0.473. The standard InChI is InChI=1S/C12H8ClNO4S/c1-19(17,18)9-4-2-8(3-5-9)14-7-10(13)11(15)6-12(14)16/h2,4-7H,1H3/p+1. The second-order valence-electron chi connectivity index (χ2n) is 3.90. The van der Waals surface area contributed by atoms with E-state index in [4.69, 9.17) is 11.6 Å². The first-order valence-corrected chi connectivity index (χ1v) is 7.39. The van der Waals surface area contributed by atoms with Gasteiger partial charge in [0.25, 0.3) is 5.56 Å². The highest BCUT2D eigenvalue weighted by molar-refractivity contribution is 7.94. The van der Waals surface area contributed by atoms with Gasteiger partial charge in [0.1, 0.15) is 11.8 Å². The first-order chi connectivity index (χ1) is 8.79. The quantitative estimate of drug-likeness (QED) is 0.836. The number of sulfone groups is 1. The average Bonchev–Trinajstić information content (AvgIpc) is 2.33. The predicted molar refractivity (Wildman–Crippen MR) is 72.4 cm³/mol. The Kier molecular flexibility index (Phi) is 3.32. The number of nitrogens with zero attached hydrogens (tertiary/aromatic N) is 1. The minimum Gasteiger partial charge on any atom is -0.506 e. The third-order valence-electron chi connectivity index (χ3n) is 2.44. The van der Waals surface area contributed by atoms with Crippen LogP contribution in [0.1, 0.15) is 0 Å². The molecule has 0 amide bonds. The number of halogens is 1. The molecule has 2 rings (SSSR count). The minimum atomic E-state index is -3.31. The van der Waals surface area contributed by atoms with Crippen LogP contribution in [0, 0.1) is 6.08 Å². The molecule has 1 N–H and O–H groups in total. The molecule has 0 spiro atoms. The number of aromatic hydroxyl groups is 1. The van der Waals surface area contributed by atoms with Crippen molar-refractivity contribution in [2.45, 2.75) is 0 Å². The number of rotatable bonds is 2. The van der Waals surface area contributed by atoms with Crippen molar-refractivity contribution in [3.63, 3.8) is 0 Å². The van der Waals surface area contributed by atoms with Gasteiger partial charge in [-0.05, 0) is 0 Å². The average molecular weight is 299 g/mol. The Hall–Kier alpha value is -1.88. The van der Waals surface area contributed by atoms with Crippen LogP contribution in [0.5, 0.6) is 5.75 Å². The molecule has 0 aliphatic heterocycles. The molecule has 19 heavy (non-hydrogen) atoms. The molecule has 7 heteroatoms. The van der Waals surface area contributed by atoms with Gasteiger partial charge in [-0.1, -0.05) is 11.6 Å². The van der Waals surface area contributed by atoms with E-state index < -0.39 is 15.4 Å². The topological polar surface area (TPSA) is 76.4 Å². The summed E-state index contributed by atoms with van der Waals surface area (Å²) in [5.74, 6) is -0.310. The highest BCUT2D eigenvalue weighted by Crippen LogP contribution is 2.22. The molecule has 0 fully saturated rings. The Bertz CT molecular complexity index is 784. The van der Waals surface area contributed by atoms with Crippen molar-refractivity contribution < 1.29 is 13.5 Å². The molecule has 0 bridgehead atoms. The van der Waals surface area contributed by atoms with Crippen molar-refractivity contribution in [3.05, 3.63) is 56.8 Å². The Morgan fingerprint density at radius 1 is 1.37 bits per heavy atom. The Labute approximate surface area is 114 Å². The van der Waals surface area contributed by atoms with E-state index in [1.165, 1.54) is 24.4 Å². The van der Waals surface area contributed by atoms with Crippen molar-refractivity contribution in [3.8, 4) is 5.75 Å². The zero-order valence-electron chi connectivity index (χ0n) is 9.79. The Morgan fingerprint density at radius 2 is 2.05 bits per heavy atom. The molecular formula is C12H9ClNO4S+. The smallest absolute Gasteiger partial charge is 0.261 e. The van der Waals surface area contributed by atoms with Crippen LogP contribution < -0.4 is 5.56 Å². The summed E-state index contributed by atoms with van der Waals surface area (Å²) in [6.45, 7) is 0. The zero-order chi connectivity index (χ0) is 14.2. The molecule has 1 heterocycles. The maximum absolute atomic E-state index is 11.7. The second kappa shape index (κ2) is 4.66. The molecule has 5 nitrogen and oxygen atoms in total. The molecule has 1 aromatic rings. The Balaban J connectivity index is 2.51. The third-order valence-corrected chi connectivity index (χ3v) is 3.84. The van der Waals surface area contributed by atoms with E-state index in [0.717, 1.165) is 16.9 Å². The van der Waals surface area contributed by atoms with Gasteiger partial charge in [-0.3, -0.25) is 9.36 Å². The van der Waals surface area contributed by atoms with Gasteiger partial charge < -0.3 is 5.11 Å². The molecule has 1 aliphatic carbocycles. The van der Waals surface area contributed by atoms with Gasteiger partial charge in [0.05, 0.1) is 29.5 Å². The highest BCUT2D eigenvalue weighted by atomic mass is 35.5. The molecule has 1 aliphatic rings. The summed E-state index contributed by atoms with van der Waals surface area (Å²) in [5, 5.41) is 9.30. The van der Waals surface area contributed by atoms with Crippen molar-refractivity contribution >= 4 is 27.1 Å². The van der Waals surface area contributed by atoms with E-state index in [0.29, 0.717) is 5.70 Å². The van der Waals surface area contributed by atoms with E-state index in [-0.39, 0.29) is 15.7 Å². The summed E-state index contributed by atoms with van der Waals surface area (Å²) in [7, 11) is -3.31. The molecule has 0 saturated carbocycles. The maximum atomic E-state index is 11.7. The molecule has 0 saturated heterocycles. The zero-order valence-corrected chi connectivity index (χ0v) is 11.4. The van der Waals surface area contributed by atoms with Crippen molar-refractivity contribution in [1.82, 2.24) is 4.57 Å². The molecule has 0 unspecified atom stereocenters. The highest BCUT2D eigenvalue weighted by Gasteiger charge is 2.20. The van der Waals surface area contributed by atoms with E-state index in [1.807, 2.05) is 0 Å². The molecule has 1 aromatic heterocycles. The normalized spacial score (nSPS) is 14.6. The second-order valence-corrected chi connectivity index (χ2v) is 6.32. The molecule has 0 atom stereocenters. The van der Waals surface area contributed by atoms with Crippen molar-refractivity contribution in [2.24, 2.45) is 0 Å². The first kappa shape index (κ1) is 13.5. The predicted octanol–water partition coefficient (Wildman–Crippen LogP) is 1.35. The van der Waals surface area contributed by atoms with Crippen LogP contribution in [0.25, 0.3) is 5.70 Å². The monoisotopic (exact) mass is 298 g/mol. The van der Waals surface area contributed by atoms with Crippen LogP contribution in [0.3, 0.4) is 0 Å². The Morgan fingerprint density at radius 3 is 2.58 bits per heavy atom. The van der Waals surface area contributed by atoms with Crippen LogP contribution in [0.15, 0.2) is 40.2 Å². The summed E-state index contributed by atoms with van der Waals surface area (Å²) in [5.41, 5.74) is -0.162. The van der Waals surface area contributed by atoms with E-state index >= 15 is 0 Å². The fourth-order valence-electron chi connectivity index (χ4n) is 1.47. The van der Waals surface area contributed by atoms with Gasteiger partial charge in [-0.25, -0.2) is 8.42 Å². The summed E-state index contributed by atoms with van der Waals surface area (Å²) < 4.78 is 23.8. The van der Waals surface area contributed by atoms with Crippen molar-refractivity contribution in [1.29, 1.82) is 0 Å². The van der Waals surface area contributed by atoms with Gasteiger partial charge in [-0.2, -0.15) is 0 Å². The lowest BCUT2D eigenvalue weighted by Crippen LogP contribution is -2.17. The fraction of sp³-hybridized carbons (Fsp3) is 0.0833. The SMILES string of the molecule is CS(=O)(=O)C1=C[C+]=C(n2cc(Cl)c(O)cc2=O)C=C1. The summed E-state index contributed by atoms with van der Waals surface area (Å²) >= 11 is 5.72. The number of hydrogen-bond acceptors (Lipinski definition) is 4. The lowest BCUT2D eigenvalue weighted by Gasteiger charge is -2.04. The van der Waals surface area contributed by atoms with Gasteiger partial charge >= 0.3 is 0 Å². The van der Waals surface area contributed by atoms with Crippen molar-refractivity contribution in [2.75, 3.05) is 6.26 Å². The number of allylic oxidation sites excluding steroid dienone is 5. The summed E-state index contributed by atoms with van der Waals surface area (Å²) in [4.78, 5) is 11.8. The maximum Gasteiger partial charge on any atom is 0.261 e. The van der Waals surface area contributed by atoms with E-state index in [2.05, 4.69) is 6.08 Å². The lowest BCUT2D eigenvalue weighted by atomic mass is 10.2.